The van der Waals surface area contributed by atoms with Crippen molar-refractivity contribution in [1.29, 1.82) is 0 Å². The van der Waals surface area contributed by atoms with Crippen molar-refractivity contribution in [3.8, 4) is 0 Å². The lowest BCUT2D eigenvalue weighted by Crippen LogP contribution is -2.44. The van der Waals surface area contributed by atoms with Crippen LogP contribution in [0.4, 0.5) is 0 Å². The first-order valence-electron chi connectivity index (χ1n) is 10.1. The van der Waals surface area contributed by atoms with E-state index in [9.17, 15) is 9.59 Å². The maximum Gasteiger partial charge on any atom is 0.306 e. The van der Waals surface area contributed by atoms with E-state index in [1.54, 1.807) is 0 Å². The molecular weight excluding hydrogens is 324 g/mol. The molecule has 4 aliphatic rings. The zero-order valence-corrected chi connectivity index (χ0v) is 16.3. The summed E-state index contributed by atoms with van der Waals surface area (Å²) in [4.78, 5) is 23.7. The number of hydrogen-bond donors (Lipinski definition) is 0. The normalized spacial score (nSPS) is 43.7. The van der Waals surface area contributed by atoms with Crippen molar-refractivity contribution in [3.63, 3.8) is 0 Å². The van der Waals surface area contributed by atoms with Crippen molar-refractivity contribution >= 4 is 11.8 Å². The summed E-state index contributed by atoms with van der Waals surface area (Å²) in [5.74, 6) is 0.762. The van der Waals surface area contributed by atoms with Gasteiger partial charge in [-0.3, -0.25) is 9.59 Å². The summed E-state index contributed by atoms with van der Waals surface area (Å²) in [6.45, 7) is 6.92. The van der Waals surface area contributed by atoms with Crippen LogP contribution in [0.15, 0.2) is 35.5 Å². The van der Waals surface area contributed by atoms with Gasteiger partial charge in [0, 0.05) is 23.7 Å². The van der Waals surface area contributed by atoms with E-state index < -0.39 is 0 Å². The van der Waals surface area contributed by atoms with E-state index >= 15 is 0 Å². The van der Waals surface area contributed by atoms with E-state index in [4.69, 9.17) is 4.74 Å². The van der Waals surface area contributed by atoms with Crippen molar-refractivity contribution in [2.45, 2.75) is 77.7 Å². The molecule has 26 heavy (non-hydrogen) atoms. The molecule has 1 saturated heterocycles. The highest BCUT2D eigenvalue weighted by Gasteiger charge is 2.60. The molecule has 0 amide bonds. The zero-order chi connectivity index (χ0) is 18.6. The number of carbonyl (C=O) groups excluding carboxylic acids is 2. The third-order valence-corrected chi connectivity index (χ3v) is 8.09. The predicted molar refractivity (Wildman–Crippen MR) is 101 cm³/mol. The fraction of sp³-hybridized carbons (Fsp3) is 0.652. The van der Waals surface area contributed by atoms with Gasteiger partial charge in [-0.05, 0) is 56.1 Å². The van der Waals surface area contributed by atoms with Crippen LogP contribution in [0.2, 0.25) is 0 Å². The second kappa shape index (κ2) is 5.94. The summed E-state index contributed by atoms with van der Waals surface area (Å²) < 4.78 is 5.94. The van der Waals surface area contributed by atoms with Crippen molar-refractivity contribution in [2.24, 2.45) is 16.7 Å². The van der Waals surface area contributed by atoms with Crippen molar-refractivity contribution in [2.75, 3.05) is 0 Å². The lowest BCUT2D eigenvalue weighted by Gasteiger charge is -2.43. The standard InChI is InChI=1S/C23H30O3/c1-16-7-13-23(14-10-20(25)26-23)22(16,3)12-8-17-5-4-6-18-15-19(24)9-11-21(17,18)2/h4,6,8,15-16H,5,7,9-14H2,1-3H3/t16?,21?,22?,23-/m1/s1. The minimum absolute atomic E-state index is 0.00194. The average Bonchev–Trinajstić information content (AvgIpc) is 3.10. The number of fused-ring (bicyclic) bond motifs is 1. The van der Waals surface area contributed by atoms with Crippen molar-refractivity contribution < 1.29 is 14.3 Å². The number of rotatable bonds is 2. The van der Waals surface area contributed by atoms with E-state index in [-0.39, 0.29) is 28.2 Å². The molecule has 1 aliphatic heterocycles. The summed E-state index contributed by atoms with van der Waals surface area (Å²) in [5, 5.41) is 0. The molecule has 4 atom stereocenters. The van der Waals surface area contributed by atoms with Gasteiger partial charge < -0.3 is 4.74 Å². The van der Waals surface area contributed by atoms with Crippen LogP contribution in [0.3, 0.4) is 0 Å². The van der Waals surface area contributed by atoms with Crippen molar-refractivity contribution in [3.05, 3.63) is 35.5 Å². The lowest BCUT2D eigenvalue weighted by atomic mass is 9.63. The third-order valence-electron chi connectivity index (χ3n) is 8.09. The molecule has 1 spiro atoms. The van der Waals surface area contributed by atoms with E-state index in [0.717, 1.165) is 44.1 Å². The molecule has 4 rings (SSSR count). The monoisotopic (exact) mass is 354 g/mol. The molecule has 0 bridgehead atoms. The summed E-state index contributed by atoms with van der Waals surface area (Å²) in [7, 11) is 0. The largest absolute Gasteiger partial charge is 0.458 e. The second-order valence-electron chi connectivity index (χ2n) is 9.26. The average molecular weight is 354 g/mol. The van der Waals surface area contributed by atoms with E-state index in [1.807, 2.05) is 6.08 Å². The second-order valence-corrected chi connectivity index (χ2v) is 9.26. The highest BCUT2D eigenvalue weighted by molar-refractivity contribution is 5.92. The SMILES string of the molecule is CC1CC[C@@]2(CCC(=O)O2)C1(C)CC=C1CC=CC2=CC(=O)CCC21C. The molecule has 0 radical (unpaired) electrons. The van der Waals surface area contributed by atoms with E-state index in [0.29, 0.717) is 18.8 Å². The Morgan fingerprint density at radius 1 is 1.19 bits per heavy atom. The van der Waals surface area contributed by atoms with Gasteiger partial charge in [-0.25, -0.2) is 0 Å². The quantitative estimate of drug-likeness (QED) is 0.513. The van der Waals surface area contributed by atoms with Gasteiger partial charge in [0.1, 0.15) is 5.60 Å². The van der Waals surface area contributed by atoms with Gasteiger partial charge in [-0.15, -0.1) is 0 Å². The molecular formula is C23H30O3. The Balaban J connectivity index is 1.65. The molecule has 0 aromatic heterocycles. The highest BCUT2D eigenvalue weighted by atomic mass is 16.6. The first-order chi connectivity index (χ1) is 12.3. The number of ketones is 1. The van der Waals surface area contributed by atoms with Gasteiger partial charge in [0.05, 0.1) is 0 Å². The summed E-state index contributed by atoms with van der Waals surface area (Å²) in [6, 6.07) is 0. The van der Waals surface area contributed by atoms with Crippen LogP contribution in [0, 0.1) is 16.7 Å². The molecule has 3 nitrogen and oxygen atoms in total. The Kier molecular flexibility index (Phi) is 4.05. The third kappa shape index (κ3) is 2.46. The molecule has 3 unspecified atom stereocenters. The highest BCUT2D eigenvalue weighted by Crippen LogP contribution is 2.59. The number of esters is 1. The minimum atomic E-state index is -0.271. The molecule has 1 heterocycles. The smallest absolute Gasteiger partial charge is 0.306 e. The molecule has 2 fully saturated rings. The van der Waals surface area contributed by atoms with Crippen molar-refractivity contribution in [1.82, 2.24) is 0 Å². The van der Waals surface area contributed by atoms with Crippen LogP contribution in [0.25, 0.3) is 0 Å². The molecule has 1 saturated carbocycles. The summed E-state index contributed by atoms with van der Waals surface area (Å²) in [5.41, 5.74) is 2.31. The van der Waals surface area contributed by atoms with Crippen LogP contribution in [-0.2, 0) is 14.3 Å². The van der Waals surface area contributed by atoms with E-state index in [1.165, 1.54) is 5.57 Å². The molecule has 0 aromatic rings. The molecule has 140 valence electrons. The van der Waals surface area contributed by atoms with Crippen LogP contribution in [-0.4, -0.2) is 17.4 Å². The Labute approximate surface area is 156 Å². The number of ether oxygens (including phenoxy) is 1. The Morgan fingerprint density at radius 3 is 2.73 bits per heavy atom. The van der Waals surface area contributed by atoms with Crippen LogP contribution < -0.4 is 0 Å². The van der Waals surface area contributed by atoms with Crippen LogP contribution in [0.5, 0.6) is 0 Å². The molecule has 3 aliphatic carbocycles. The van der Waals surface area contributed by atoms with Crippen LogP contribution in [0.1, 0.15) is 72.1 Å². The Bertz CT molecular complexity index is 743. The first kappa shape index (κ1) is 17.8. The molecule has 0 aromatic carbocycles. The Morgan fingerprint density at radius 2 is 2.00 bits per heavy atom. The topological polar surface area (TPSA) is 43.4 Å². The van der Waals surface area contributed by atoms with Gasteiger partial charge in [0.25, 0.3) is 0 Å². The van der Waals surface area contributed by atoms with Gasteiger partial charge in [0.2, 0.25) is 0 Å². The maximum absolute atomic E-state index is 11.9. The van der Waals surface area contributed by atoms with Gasteiger partial charge in [-0.1, -0.05) is 44.6 Å². The lowest BCUT2D eigenvalue weighted by molar-refractivity contribution is -0.158. The summed E-state index contributed by atoms with van der Waals surface area (Å²) >= 11 is 0. The van der Waals surface area contributed by atoms with Crippen LogP contribution >= 0.6 is 0 Å². The number of carbonyl (C=O) groups is 2. The summed E-state index contributed by atoms with van der Waals surface area (Å²) in [6.07, 6.45) is 15.6. The first-order valence-corrected chi connectivity index (χ1v) is 10.1. The number of allylic oxidation sites excluding steroid dienone is 6. The molecule has 3 heteroatoms. The predicted octanol–water partition coefficient (Wildman–Crippen LogP) is 5.07. The van der Waals surface area contributed by atoms with Gasteiger partial charge >= 0.3 is 5.97 Å². The van der Waals surface area contributed by atoms with Gasteiger partial charge in [-0.2, -0.15) is 0 Å². The Hall–Kier alpha value is -1.64. The maximum atomic E-state index is 11.9. The number of hydrogen-bond acceptors (Lipinski definition) is 3. The fourth-order valence-corrected chi connectivity index (χ4v) is 5.77. The zero-order valence-electron chi connectivity index (χ0n) is 16.3. The minimum Gasteiger partial charge on any atom is -0.458 e. The molecule has 0 N–H and O–H groups in total. The fourth-order valence-electron chi connectivity index (χ4n) is 5.77. The van der Waals surface area contributed by atoms with E-state index in [2.05, 4.69) is 39.0 Å². The van der Waals surface area contributed by atoms with Gasteiger partial charge in [0.15, 0.2) is 5.78 Å².